The first-order valence-electron chi connectivity index (χ1n) is 7.62. The molecule has 2 rings (SSSR count). The van der Waals surface area contributed by atoms with Crippen LogP contribution < -0.4 is 0 Å². The number of nitrogens with zero attached hydrogens (tertiary/aromatic N) is 2. The first-order chi connectivity index (χ1) is 10.2. The summed E-state index contributed by atoms with van der Waals surface area (Å²) in [4.78, 5) is 16.5. The van der Waals surface area contributed by atoms with E-state index in [0.717, 1.165) is 52.0 Å². The SMILES string of the molecule is O=C(c1cccc(O)c1)N1CCN(CCCCCO)CC1. The molecule has 5 heteroatoms. The van der Waals surface area contributed by atoms with E-state index in [1.54, 1.807) is 18.2 Å². The molecule has 1 aliphatic heterocycles. The molecular weight excluding hydrogens is 268 g/mol. The van der Waals surface area contributed by atoms with Crippen LogP contribution in [0.5, 0.6) is 5.75 Å². The van der Waals surface area contributed by atoms with Crippen molar-refractivity contribution in [1.82, 2.24) is 9.80 Å². The summed E-state index contributed by atoms with van der Waals surface area (Å²) >= 11 is 0. The van der Waals surface area contributed by atoms with Gasteiger partial charge in [0.2, 0.25) is 0 Å². The number of aliphatic hydroxyl groups excluding tert-OH is 1. The number of carbonyl (C=O) groups excluding carboxylic acids is 1. The van der Waals surface area contributed by atoms with E-state index in [-0.39, 0.29) is 18.3 Å². The second-order valence-corrected chi connectivity index (χ2v) is 5.47. The van der Waals surface area contributed by atoms with Crippen LogP contribution in [0.2, 0.25) is 0 Å². The van der Waals surface area contributed by atoms with Gasteiger partial charge in [0.1, 0.15) is 5.75 Å². The average molecular weight is 292 g/mol. The number of phenolic OH excluding ortho intramolecular Hbond substituents is 1. The molecular formula is C16H24N2O3. The van der Waals surface area contributed by atoms with Gasteiger partial charge in [-0.05, 0) is 44.0 Å². The lowest BCUT2D eigenvalue weighted by molar-refractivity contribution is 0.0634. The number of phenols is 1. The molecule has 0 saturated carbocycles. The molecule has 2 N–H and O–H groups in total. The van der Waals surface area contributed by atoms with Gasteiger partial charge < -0.3 is 15.1 Å². The second-order valence-electron chi connectivity index (χ2n) is 5.47. The number of rotatable bonds is 6. The van der Waals surface area contributed by atoms with Crippen molar-refractivity contribution in [2.24, 2.45) is 0 Å². The van der Waals surface area contributed by atoms with Crippen LogP contribution in [0.4, 0.5) is 0 Å². The minimum absolute atomic E-state index is 0.00849. The Bertz CT molecular complexity index is 457. The fraction of sp³-hybridized carbons (Fsp3) is 0.562. The Morgan fingerprint density at radius 3 is 2.52 bits per heavy atom. The van der Waals surface area contributed by atoms with Gasteiger partial charge in [0.25, 0.3) is 5.91 Å². The number of unbranched alkanes of at least 4 members (excludes halogenated alkanes) is 2. The van der Waals surface area contributed by atoms with Gasteiger partial charge in [0.05, 0.1) is 0 Å². The fourth-order valence-electron chi connectivity index (χ4n) is 2.62. The van der Waals surface area contributed by atoms with E-state index in [1.165, 1.54) is 6.07 Å². The topological polar surface area (TPSA) is 64.0 Å². The van der Waals surface area contributed by atoms with Crippen LogP contribution in [-0.4, -0.2) is 65.3 Å². The molecule has 0 bridgehead atoms. The maximum absolute atomic E-state index is 12.3. The van der Waals surface area contributed by atoms with Crippen LogP contribution in [0.1, 0.15) is 29.6 Å². The van der Waals surface area contributed by atoms with Crippen molar-refractivity contribution in [3.8, 4) is 5.75 Å². The minimum atomic E-state index is -0.00849. The molecule has 0 atom stereocenters. The second kappa shape index (κ2) is 8.00. The van der Waals surface area contributed by atoms with Crippen molar-refractivity contribution in [2.45, 2.75) is 19.3 Å². The van der Waals surface area contributed by atoms with Crippen LogP contribution >= 0.6 is 0 Å². The first kappa shape index (κ1) is 15.8. The molecule has 21 heavy (non-hydrogen) atoms. The number of aliphatic hydroxyl groups is 1. The Labute approximate surface area is 125 Å². The van der Waals surface area contributed by atoms with Gasteiger partial charge in [-0.15, -0.1) is 0 Å². The van der Waals surface area contributed by atoms with E-state index in [0.29, 0.717) is 5.56 Å². The molecule has 1 aliphatic rings. The monoisotopic (exact) mass is 292 g/mol. The molecule has 0 aliphatic carbocycles. The normalized spacial score (nSPS) is 16.1. The summed E-state index contributed by atoms with van der Waals surface area (Å²) in [5.74, 6) is 0.120. The molecule has 0 aromatic heterocycles. The van der Waals surface area contributed by atoms with E-state index >= 15 is 0 Å². The molecule has 1 aromatic rings. The number of hydrogen-bond acceptors (Lipinski definition) is 4. The van der Waals surface area contributed by atoms with Gasteiger partial charge in [-0.2, -0.15) is 0 Å². The van der Waals surface area contributed by atoms with Gasteiger partial charge in [-0.1, -0.05) is 6.07 Å². The molecule has 1 aromatic carbocycles. The molecule has 0 spiro atoms. The zero-order valence-electron chi connectivity index (χ0n) is 12.4. The molecule has 1 saturated heterocycles. The van der Waals surface area contributed by atoms with Gasteiger partial charge in [-0.3, -0.25) is 9.69 Å². The van der Waals surface area contributed by atoms with Gasteiger partial charge in [0.15, 0.2) is 0 Å². The fourth-order valence-corrected chi connectivity index (χ4v) is 2.62. The highest BCUT2D eigenvalue weighted by atomic mass is 16.3. The third kappa shape index (κ3) is 4.72. The van der Waals surface area contributed by atoms with Gasteiger partial charge in [-0.25, -0.2) is 0 Å². The number of carbonyl (C=O) groups is 1. The summed E-state index contributed by atoms with van der Waals surface area (Å²) in [6.45, 7) is 4.55. The zero-order valence-corrected chi connectivity index (χ0v) is 12.4. The maximum atomic E-state index is 12.3. The van der Waals surface area contributed by atoms with E-state index in [1.807, 2.05) is 4.90 Å². The highest BCUT2D eigenvalue weighted by Crippen LogP contribution is 2.14. The summed E-state index contributed by atoms with van der Waals surface area (Å²) in [5, 5.41) is 18.2. The quantitative estimate of drug-likeness (QED) is 0.776. The van der Waals surface area contributed by atoms with Crippen molar-refractivity contribution in [3.05, 3.63) is 29.8 Å². The standard InChI is InChI=1S/C16H24N2O3/c19-12-3-1-2-7-17-8-10-18(11-9-17)16(21)14-5-4-6-15(20)13-14/h4-6,13,19-20H,1-3,7-12H2. The zero-order chi connectivity index (χ0) is 15.1. The van der Waals surface area contributed by atoms with Crippen LogP contribution in [0.25, 0.3) is 0 Å². The van der Waals surface area contributed by atoms with E-state index in [9.17, 15) is 9.90 Å². The first-order valence-corrected chi connectivity index (χ1v) is 7.62. The Kier molecular flexibility index (Phi) is 6.02. The van der Waals surface area contributed by atoms with E-state index in [2.05, 4.69) is 4.90 Å². The third-order valence-electron chi connectivity index (χ3n) is 3.89. The summed E-state index contributed by atoms with van der Waals surface area (Å²) in [5.41, 5.74) is 0.548. The molecule has 1 heterocycles. The highest BCUT2D eigenvalue weighted by molar-refractivity contribution is 5.94. The van der Waals surface area contributed by atoms with Crippen LogP contribution in [0.15, 0.2) is 24.3 Å². The van der Waals surface area contributed by atoms with Crippen molar-refractivity contribution in [1.29, 1.82) is 0 Å². The molecule has 1 fully saturated rings. The van der Waals surface area contributed by atoms with Gasteiger partial charge >= 0.3 is 0 Å². The van der Waals surface area contributed by atoms with Crippen LogP contribution in [-0.2, 0) is 0 Å². The molecule has 5 nitrogen and oxygen atoms in total. The smallest absolute Gasteiger partial charge is 0.254 e. The van der Waals surface area contributed by atoms with Crippen LogP contribution in [0.3, 0.4) is 0 Å². The Hall–Kier alpha value is -1.59. The summed E-state index contributed by atoms with van der Waals surface area (Å²) in [6.07, 6.45) is 3.02. The maximum Gasteiger partial charge on any atom is 0.254 e. The number of piperazine rings is 1. The van der Waals surface area contributed by atoms with Crippen LogP contribution in [0, 0.1) is 0 Å². The van der Waals surface area contributed by atoms with E-state index in [4.69, 9.17) is 5.11 Å². The lowest BCUT2D eigenvalue weighted by Crippen LogP contribution is -2.48. The number of aromatic hydroxyl groups is 1. The number of hydrogen-bond donors (Lipinski definition) is 2. The molecule has 116 valence electrons. The predicted molar refractivity (Wildman–Crippen MR) is 81.4 cm³/mol. The third-order valence-corrected chi connectivity index (χ3v) is 3.89. The largest absolute Gasteiger partial charge is 0.508 e. The highest BCUT2D eigenvalue weighted by Gasteiger charge is 2.21. The Morgan fingerprint density at radius 2 is 1.86 bits per heavy atom. The molecule has 0 radical (unpaired) electrons. The number of benzene rings is 1. The summed E-state index contributed by atoms with van der Waals surface area (Å²) in [7, 11) is 0. The van der Waals surface area contributed by atoms with E-state index < -0.39 is 0 Å². The number of amides is 1. The lowest BCUT2D eigenvalue weighted by Gasteiger charge is -2.34. The Morgan fingerprint density at radius 1 is 1.10 bits per heavy atom. The van der Waals surface area contributed by atoms with Crippen molar-refractivity contribution >= 4 is 5.91 Å². The summed E-state index contributed by atoms with van der Waals surface area (Å²) in [6, 6.07) is 6.52. The summed E-state index contributed by atoms with van der Waals surface area (Å²) < 4.78 is 0. The van der Waals surface area contributed by atoms with Crippen molar-refractivity contribution in [3.63, 3.8) is 0 Å². The van der Waals surface area contributed by atoms with Crippen molar-refractivity contribution < 1.29 is 15.0 Å². The molecule has 0 unspecified atom stereocenters. The minimum Gasteiger partial charge on any atom is -0.508 e. The lowest BCUT2D eigenvalue weighted by atomic mass is 10.1. The average Bonchev–Trinajstić information content (AvgIpc) is 2.51. The van der Waals surface area contributed by atoms with Crippen molar-refractivity contribution in [2.75, 3.05) is 39.3 Å². The molecule has 1 amide bonds. The van der Waals surface area contributed by atoms with Gasteiger partial charge in [0, 0.05) is 38.3 Å². The Balaban J connectivity index is 1.77. The predicted octanol–water partition coefficient (Wildman–Crippen LogP) is 1.31.